The van der Waals surface area contributed by atoms with E-state index in [-0.39, 0.29) is 12.2 Å². The molecule has 0 saturated heterocycles. The van der Waals surface area contributed by atoms with E-state index in [0.29, 0.717) is 6.04 Å². The number of ether oxygens (including phenoxy) is 2. The minimum absolute atomic E-state index is 0.158. The molecule has 1 aromatic rings. The van der Waals surface area contributed by atoms with Gasteiger partial charge in [0.2, 0.25) is 0 Å². The van der Waals surface area contributed by atoms with Crippen LogP contribution >= 0.6 is 15.9 Å². The molecule has 1 aromatic carbocycles. The summed E-state index contributed by atoms with van der Waals surface area (Å²) in [6.45, 7) is 8.11. The van der Waals surface area contributed by atoms with E-state index < -0.39 is 0 Å². The molecule has 20 heavy (non-hydrogen) atoms. The van der Waals surface area contributed by atoms with Crippen molar-refractivity contribution in [1.29, 1.82) is 0 Å². The molecule has 0 aromatic heterocycles. The van der Waals surface area contributed by atoms with Crippen molar-refractivity contribution in [2.45, 2.75) is 51.9 Å². The number of nitrogens with one attached hydrogen (secondary N) is 1. The van der Waals surface area contributed by atoms with Crippen molar-refractivity contribution in [3.63, 3.8) is 0 Å². The normalized spacial score (nSPS) is 25.3. The predicted octanol–water partition coefficient (Wildman–Crippen LogP) is 3.68. The van der Waals surface area contributed by atoms with Crippen LogP contribution in [0.25, 0.3) is 0 Å². The topological polar surface area (TPSA) is 30.5 Å². The summed E-state index contributed by atoms with van der Waals surface area (Å²) >= 11 is 3.51. The molecule has 0 radical (unpaired) electrons. The first-order chi connectivity index (χ1) is 9.65. The van der Waals surface area contributed by atoms with Crippen LogP contribution in [0.2, 0.25) is 0 Å². The fourth-order valence-corrected chi connectivity index (χ4v) is 2.75. The third-order valence-corrected chi connectivity index (χ3v) is 4.54. The van der Waals surface area contributed by atoms with Crippen LogP contribution in [0.5, 0.6) is 5.75 Å². The highest BCUT2D eigenvalue weighted by molar-refractivity contribution is 9.10. The average molecular weight is 342 g/mol. The van der Waals surface area contributed by atoms with Crippen LogP contribution in [-0.2, 0) is 4.74 Å². The second-order valence-corrected chi connectivity index (χ2v) is 6.16. The van der Waals surface area contributed by atoms with Crippen LogP contribution in [-0.4, -0.2) is 31.4 Å². The van der Waals surface area contributed by atoms with Gasteiger partial charge < -0.3 is 14.8 Å². The van der Waals surface area contributed by atoms with Gasteiger partial charge in [0.1, 0.15) is 18.0 Å². The largest absolute Gasteiger partial charge is 0.488 e. The molecule has 0 aliphatic heterocycles. The SMILES string of the molecule is CCCOC1C(NCC)CC1Oc1ccc(Br)c(C)c1. The summed E-state index contributed by atoms with van der Waals surface area (Å²) in [4.78, 5) is 0. The highest BCUT2D eigenvalue weighted by Gasteiger charge is 2.43. The van der Waals surface area contributed by atoms with Gasteiger partial charge in [0.15, 0.2) is 0 Å². The first-order valence-electron chi connectivity index (χ1n) is 7.43. The fourth-order valence-electron chi connectivity index (χ4n) is 2.50. The van der Waals surface area contributed by atoms with E-state index in [2.05, 4.69) is 48.1 Å². The van der Waals surface area contributed by atoms with Crippen LogP contribution in [0.3, 0.4) is 0 Å². The smallest absolute Gasteiger partial charge is 0.128 e. The highest BCUT2D eigenvalue weighted by Crippen LogP contribution is 2.31. The number of benzene rings is 1. The molecule has 0 spiro atoms. The lowest BCUT2D eigenvalue weighted by molar-refractivity contribution is -0.107. The summed E-state index contributed by atoms with van der Waals surface area (Å²) in [5.41, 5.74) is 1.19. The van der Waals surface area contributed by atoms with Gasteiger partial charge in [-0.1, -0.05) is 29.8 Å². The quantitative estimate of drug-likeness (QED) is 0.820. The zero-order chi connectivity index (χ0) is 14.5. The summed E-state index contributed by atoms with van der Waals surface area (Å²) < 4.78 is 13.1. The molecule has 1 N–H and O–H groups in total. The van der Waals surface area contributed by atoms with Gasteiger partial charge in [0.25, 0.3) is 0 Å². The Kier molecular flexibility index (Phi) is 5.87. The van der Waals surface area contributed by atoms with Crippen LogP contribution < -0.4 is 10.1 Å². The third kappa shape index (κ3) is 3.74. The Balaban J connectivity index is 1.95. The van der Waals surface area contributed by atoms with Crippen molar-refractivity contribution >= 4 is 15.9 Å². The van der Waals surface area contributed by atoms with E-state index in [9.17, 15) is 0 Å². The summed E-state index contributed by atoms with van der Waals surface area (Å²) in [5.74, 6) is 0.927. The third-order valence-electron chi connectivity index (χ3n) is 3.65. The molecule has 3 nitrogen and oxygen atoms in total. The zero-order valence-electron chi connectivity index (χ0n) is 12.5. The minimum atomic E-state index is 0.158. The minimum Gasteiger partial charge on any atom is -0.488 e. The molecule has 1 aliphatic carbocycles. The van der Waals surface area contributed by atoms with Gasteiger partial charge in [-0.2, -0.15) is 0 Å². The van der Waals surface area contributed by atoms with E-state index in [1.54, 1.807) is 0 Å². The van der Waals surface area contributed by atoms with Crippen LogP contribution in [0.1, 0.15) is 32.3 Å². The van der Waals surface area contributed by atoms with E-state index in [1.165, 1.54) is 5.56 Å². The average Bonchev–Trinajstić information content (AvgIpc) is 2.42. The maximum atomic E-state index is 6.09. The summed E-state index contributed by atoms with van der Waals surface area (Å²) in [6, 6.07) is 6.54. The number of likely N-dealkylation sites (N-methyl/N-ethyl adjacent to an activating group) is 1. The van der Waals surface area contributed by atoms with Gasteiger partial charge >= 0.3 is 0 Å². The molecule has 3 atom stereocenters. The Morgan fingerprint density at radius 3 is 2.80 bits per heavy atom. The molecular formula is C16H24BrNO2. The van der Waals surface area contributed by atoms with Crippen molar-refractivity contribution in [1.82, 2.24) is 5.32 Å². The number of hydrogen-bond acceptors (Lipinski definition) is 3. The monoisotopic (exact) mass is 341 g/mol. The van der Waals surface area contributed by atoms with Gasteiger partial charge in [0.05, 0.1) is 0 Å². The number of rotatable bonds is 7. The molecule has 2 rings (SSSR count). The number of hydrogen-bond donors (Lipinski definition) is 1. The lowest BCUT2D eigenvalue weighted by Crippen LogP contribution is -2.61. The Morgan fingerprint density at radius 1 is 1.35 bits per heavy atom. The summed E-state index contributed by atoms with van der Waals surface area (Å²) in [6.07, 6.45) is 2.38. The Hall–Kier alpha value is -0.580. The molecule has 1 fully saturated rings. The van der Waals surface area contributed by atoms with E-state index in [0.717, 1.165) is 36.2 Å². The maximum Gasteiger partial charge on any atom is 0.128 e. The van der Waals surface area contributed by atoms with Gasteiger partial charge in [-0.3, -0.25) is 0 Å². The number of halogens is 1. The van der Waals surface area contributed by atoms with Crippen LogP contribution in [0.4, 0.5) is 0 Å². The summed E-state index contributed by atoms with van der Waals surface area (Å²) in [5, 5.41) is 3.46. The second kappa shape index (κ2) is 7.43. The molecule has 0 heterocycles. The van der Waals surface area contributed by atoms with Gasteiger partial charge in [0, 0.05) is 23.5 Å². The van der Waals surface area contributed by atoms with Gasteiger partial charge in [-0.15, -0.1) is 0 Å². The van der Waals surface area contributed by atoms with Gasteiger partial charge in [-0.25, -0.2) is 0 Å². The molecule has 112 valence electrons. The zero-order valence-corrected chi connectivity index (χ0v) is 14.1. The first-order valence-corrected chi connectivity index (χ1v) is 8.22. The molecule has 4 heteroatoms. The molecular weight excluding hydrogens is 318 g/mol. The Morgan fingerprint density at radius 2 is 2.15 bits per heavy atom. The maximum absolute atomic E-state index is 6.09. The lowest BCUT2D eigenvalue weighted by Gasteiger charge is -2.44. The summed E-state index contributed by atoms with van der Waals surface area (Å²) in [7, 11) is 0. The molecule has 0 amide bonds. The van der Waals surface area contributed by atoms with Gasteiger partial charge in [-0.05, 0) is 43.7 Å². The molecule has 3 unspecified atom stereocenters. The Labute approximate surface area is 130 Å². The first kappa shape index (κ1) is 15.8. The Bertz CT molecular complexity index is 438. The number of aryl methyl sites for hydroxylation is 1. The van der Waals surface area contributed by atoms with Crippen molar-refractivity contribution in [3.05, 3.63) is 28.2 Å². The highest BCUT2D eigenvalue weighted by atomic mass is 79.9. The van der Waals surface area contributed by atoms with E-state index in [1.807, 2.05) is 12.1 Å². The van der Waals surface area contributed by atoms with Crippen LogP contribution in [0, 0.1) is 6.92 Å². The van der Waals surface area contributed by atoms with E-state index >= 15 is 0 Å². The van der Waals surface area contributed by atoms with Crippen molar-refractivity contribution < 1.29 is 9.47 Å². The van der Waals surface area contributed by atoms with E-state index in [4.69, 9.17) is 9.47 Å². The lowest BCUT2D eigenvalue weighted by atomic mass is 9.85. The standard InChI is InChI=1S/C16H24BrNO2/c1-4-8-19-16-14(18-5-2)10-15(16)20-12-6-7-13(17)11(3)9-12/h6-7,9,14-16,18H,4-5,8,10H2,1-3H3. The fraction of sp³-hybridized carbons (Fsp3) is 0.625. The second-order valence-electron chi connectivity index (χ2n) is 5.30. The molecule has 1 aliphatic rings. The van der Waals surface area contributed by atoms with Crippen molar-refractivity contribution in [2.24, 2.45) is 0 Å². The molecule has 1 saturated carbocycles. The predicted molar refractivity (Wildman–Crippen MR) is 85.4 cm³/mol. The van der Waals surface area contributed by atoms with Crippen molar-refractivity contribution in [2.75, 3.05) is 13.2 Å². The van der Waals surface area contributed by atoms with Crippen molar-refractivity contribution in [3.8, 4) is 5.75 Å². The van der Waals surface area contributed by atoms with Crippen LogP contribution in [0.15, 0.2) is 22.7 Å². The molecule has 0 bridgehead atoms.